The fourth-order valence-electron chi connectivity index (χ4n) is 3.51. The number of hydrogen-bond acceptors (Lipinski definition) is 7. The van der Waals surface area contributed by atoms with Gasteiger partial charge in [0.1, 0.15) is 5.82 Å². The third kappa shape index (κ3) is 4.71. The third-order valence-electron chi connectivity index (χ3n) is 5.14. The van der Waals surface area contributed by atoms with Crippen molar-refractivity contribution in [3.8, 4) is 10.7 Å². The van der Waals surface area contributed by atoms with Crippen LogP contribution in [0.4, 0.5) is 10.1 Å². The van der Waals surface area contributed by atoms with Crippen molar-refractivity contribution in [3.05, 3.63) is 53.0 Å². The van der Waals surface area contributed by atoms with Crippen molar-refractivity contribution in [1.82, 2.24) is 15.0 Å². The fraction of sp³-hybridized carbons (Fsp3) is 0.381. The second-order valence-electron chi connectivity index (χ2n) is 7.14. The minimum absolute atomic E-state index is 0.121. The molecule has 1 aliphatic rings. The van der Waals surface area contributed by atoms with Crippen LogP contribution in [0.2, 0.25) is 0 Å². The molecule has 0 aliphatic carbocycles. The van der Waals surface area contributed by atoms with Gasteiger partial charge in [0.2, 0.25) is 11.7 Å². The second-order valence-corrected chi connectivity index (χ2v) is 8.09. The van der Waals surface area contributed by atoms with Gasteiger partial charge in [-0.25, -0.2) is 4.39 Å². The number of aryl methyl sites for hydroxylation is 1. The van der Waals surface area contributed by atoms with Crippen LogP contribution in [0.25, 0.3) is 10.7 Å². The van der Waals surface area contributed by atoms with Crippen LogP contribution in [0, 0.1) is 5.82 Å². The van der Waals surface area contributed by atoms with Gasteiger partial charge in [-0.2, -0.15) is 4.98 Å². The molecule has 29 heavy (non-hydrogen) atoms. The van der Waals surface area contributed by atoms with E-state index >= 15 is 0 Å². The van der Waals surface area contributed by atoms with Crippen LogP contribution in [0.3, 0.4) is 0 Å². The Bertz CT molecular complexity index is 965. The van der Waals surface area contributed by atoms with Crippen LogP contribution in [0.15, 0.2) is 40.2 Å². The summed E-state index contributed by atoms with van der Waals surface area (Å²) in [4.78, 5) is 21.3. The van der Waals surface area contributed by atoms with E-state index < -0.39 is 0 Å². The molecule has 0 saturated carbocycles. The zero-order chi connectivity index (χ0) is 20.2. The molecule has 152 valence electrons. The Balaban J connectivity index is 1.24. The third-order valence-corrected chi connectivity index (χ3v) is 6.01. The number of hydrogen-bond donors (Lipinski definition) is 0. The highest BCUT2D eigenvalue weighted by molar-refractivity contribution is 7.13. The number of Topliss-reactive ketones (excluding diaryl/α,β-unsaturated/α-hetero) is 1. The van der Waals surface area contributed by atoms with Gasteiger partial charge in [0, 0.05) is 38.2 Å². The topological polar surface area (TPSA) is 62.5 Å². The lowest BCUT2D eigenvalue weighted by molar-refractivity contribution is 0.101. The standard InChI is InChI=1S/C21H23FN4O2S/c1-15(27)16-6-7-18(17(22)14-16)26-11-9-25(10-12-26)8-2-5-20-23-21(24-28-20)19-4-3-13-29-19/h3-4,6-7,13-14H,2,5,8-12H2,1H3. The van der Waals surface area contributed by atoms with Crippen LogP contribution in [0.5, 0.6) is 0 Å². The molecule has 8 heteroatoms. The quantitative estimate of drug-likeness (QED) is 0.547. The lowest BCUT2D eigenvalue weighted by Crippen LogP contribution is -2.47. The summed E-state index contributed by atoms with van der Waals surface area (Å²) in [5, 5.41) is 6.03. The van der Waals surface area contributed by atoms with Crippen molar-refractivity contribution in [1.29, 1.82) is 0 Å². The molecule has 0 amide bonds. The van der Waals surface area contributed by atoms with E-state index in [0.717, 1.165) is 50.4 Å². The lowest BCUT2D eigenvalue weighted by atomic mass is 10.1. The molecule has 0 N–H and O–H groups in total. The Kier molecular flexibility index (Phi) is 6.01. The Labute approximate surface area is 172 Å². The lowest BCUT2D eigenvalue weighted by Gasteiger charge is -2.36. The van der Waals surface area contributed by atoms with Crippen molar-refractivity contribution in [2.24, 2.45) is 0 Å². The van der Waals surface area contributed by atoms with E-state index in [9.17, 15) is 9.18 Å². The summed E-state index contributed by atoms with van der Waals surface area (Å²) in [6.45, 7) is 5.66. The molecule has 3 aromatic rings. The van der Waals surface area contributed by atoms with E-state index in [4.69, 9.17) is 4.52 Å². The van der Waals surface area contributed by atoms with Gasteiger partial charge in [-0.1, -0.05) is 11.2 Å². The predicted octanol–water partition coefficient (Wildman–Crippen LogP) is 3.89. The molecule has 1 aromatic carbocycles. The zero-order valence-corrected chi connectivity index (χ0v) is 17.1. The summed E-state index contributed by atoms with van der Waals surface area (Å²) in [6, 6.07) is 8.69. The molecular weight excluding hydrogens is 391 g/mol. The average molecular weight is 415 g/mol. The number of carbonyl (C=O) groups is 1. The molecule has 1 aliphatic heterocycles. The monoisotopic (exact) mass is 414 g/mol. The first-order chi connectivity index (χ1) is 14.1. The molecule has 0 bridgehead atoms. The Morgan fingerprint density at radius 3 is 2.76 bits per heavy atom. The summed E-state index contributed by atoms with van der Waals surface area (Å²) < 4.78 is 19.7. The minimum atomic E-state index is -0.330. The first-order valence-corrected chi connectivity index (χ1v) is 10.6. The minimum Gasteiger partial charge on any atom is -0.367 e. The van der Waals surface area contributed by atoms with E-state index in [1.54, 1.807) is 23.5 Å². The average Bonchev–Trinajstić information content (AvgIpc) is 3.40. The smallest absolute Gasteiger partial charge is 0.227 e. The largest absolute Gasteiger partial charge is 0.367 e. The van der Waals surface area contributed by atoms with E-state index in [2.05, 4.69) is 15.0 Å². The number of nitrogens with zero attached hydrogens (tertiary/aromatic N) is 4. The number of rotatable bonds is 7. The van der Waals surface area contributed by atoms with E-state index in [-0.39, 0.29) is 11.6 Å². The number of aromatic nitrogens is 2. The molecule has 0 spiro atoms. The normalized spacial score (nSPS) is 15.0. The highest BCUT2D eigenvalue weighted by atomic mass is 32.1. The molecule has 1 fully saturated rings. The van der Waals surface area contributed by atoms with E-state index in [0.29, 0.717) is 23.0 Å². The zero-order valence-electron chi connectivity index (χ0n) is 16.3. The number of carbonyl (C=O) groups excluding carboxylic acids is 1. The maximum absolute atomic E-state index is 14.4. The fourth-order valence-corrected chi connectivity index (χ4v) is 4.16. The van der Waals surface area contributed by atoms with Gasteiger partial charge < -0.3 is 9.42 Å². The molecule has 3 heterocycles. The van der Waals surface area contributed by atoms with Gasteiger partial charge in [0.25, 0.3) is 0 Å². The summed E-state index contributed by atoms with van der Waals surface area (Å²) in [7, 11) is 0. The van der Waals surface area contributed by atoms with Crippen LogP contribution < -0.4 is 4.90 Å². The molecule has 2 aromatic heterocycles. The number of halogens is 1. The maximum atomic E-state index is 14.4. The Hall–Kier alpha value is -2.58. The second kappa shape index (κ2) is 8.84. The summed E-state index contributed by atoms with van der Waals surface area (Å²) >= 11 is 1.60. The van der Waals surface area contributed by atoms with Gasteiger partial charge in [-0.3, -0.25) is 9.69 Å². The number of benzene rings is 1. The van der Waals surface area contributed by atoms with Gasteiger partial charge in [0.15, 0.2) is 5.78 Å². The highest BCUT2D eigenvalue weighted by Gasteiger charge is 2.20. The van der Waals surface area contributed by atoms with Crippen molar-refractivity contribution in [2.45, 2.75) is 19.8 Å². The van der Waals surface area contributed by atoms with Crippen LogP contribution in [-0.2, 0) is 6.42 Å². The molecular formula is C21H23FN4O2S. The first kappa shape index (κ1) is 19.7. The molecule has 0 unspecified atom stereocenters. The number of ketones is 1. The summed E-state index contributed by atoms with van der Waals surface area (Å²) in [5.41, 5.74) is 0.981. The van der Waals surface area contributed by atoms with Crippen LogP contribution in [-0.4, -0.2) is 53.5 Å². The van der Waals surface area contributed by atoms with Crippen LogP contribution in [0.1, 0.15) is 29.6 Å². The number of thiophene rings is 1. The Morgan fingerprint density at radius 1 is 1.24 bits per heavy atom. The molecule has 4 rings (SSSR count). The molecule has 0 radical (unpaired) electrons. The van der Waals surface area contributed by atoms with Crippen molar-refractivity contribution < 1.29 is 13.7 Å². The maximum Gasteiger partial charge on any atom is 0.227 e. The van der Waals surface area contributed by atoms with Gasteiger partial charge in [-0.15, -0.1) is 11.3 Å². The van der Waals surface area contributed by atoms with Gasteiger partial charge in [0.05, 0.1) is 10.6 Å². The van der Waals surface area contributed by atoms with Crippen molar-refractivity contribution in [3.63, 3.8) is 0 Å². The number of anilines is 1. The molecule has 1 saturated heterocycles. The van der Waals surface area contributed by atoms with Crippen LogP contribution >= 0.6 is 11.3 Å². The van der Waals surface area contributed by atoms with E-state index in [1.807, 2.05) is 22.4 Å². The Morgan fingerprint density at radius 2 is 2.07 bits per heavy atom. The SMILES string of the molecule is CC(=O)c1ccc(N2CCN(CCCc3nc(-c4cccs4)no3)CC2)c(F)c1. The molecule has 6 nitrogen and oxygen atoms in total. The van der Waals surface area contributed by atoms with Gasteiger partial charge >= 0.3 is 0 Å². The van der Waals surface area contributed by atoms with Crippen molar-refractivity contribution in [2.75, 3.05) is 37.6 Å². The highest BCUT2D eigenvalue weighted by Crippen LogP contribution is 2.23. The molecule has 0 atom stereocenters. The summed E-state index contributed by atoms with van der Waals surface area (Å²) in [5.74, 6) is 0.870. The van der Waals surface area contributed by atoms with Gasteiger partial charge in [-0.05, 0) is 49.5 Å². The number of piperazine rings is 1. The predicted molar refractivity (Wildman–Crippen MR) is 111 cm³/mol. The van der Waals surface area contributed by atoms with Crippen molar-refractivity contribution >= 4 is 22.8 Å². The summed E-state index contributed by atoms with van der Waals surface area (Å²) in [6.07, 6.45) is 1.69. The first-order valence-electron chi connectivity index (χ1n) is 9.74. The van der Waals surface area contributed by atoms with E-state index in [1.165, 1.54) is 13.0 Å².